The number of hydrogen-bond acceptors (Lipinski definition) is 8. The van der Waals surface area contributed by atoms with E-state index in [2.05, 4.69) is 38.2 Å². The lowest BCUT2D eigenvalue weighted by molar-refractivity contribution is -0.161. The van der Waals surface area contributed by atoms with E-state index in [9.17, 15) is 19.0 Å². The molecule has 89 heavy (non-hydrogen) atoms. The van der Waals surface area contributed by atoms with Gasteiger partial charge in [-0.25, -0.2) is 4.57 Å². The first-order valence-corrected chi connectivity index (χ1v) is 41.3. The molecule has 2 unspecified atom stereocenters. The Morgan fingerprint density at radius 1 is 0.337 bits per heavy atom. The summed E-state index contributed by atoms with van der Waals surface area (Å²) in [6, 6.07) is 0. The van der Waals surface area contributed by atoms with Crippen LogP contribution in [0.2, 0.25) is 0 Å². The standard InChI is InChI=1S/C79H154NO8P/c1-3-5-7-9-11-13-15-17-19-21-23-25-27-29-31-33-35-36-37-38-39-40-42-44-46-48-50-52-54-56-58-60-62-64-66-68-70-72-79(82)88-77(76-87-89(83,84)86-74-73-80)75-85-78(81)71-69-67-65-63-61-59-57-55-53-51-49-47-45-43-41-34-32-30-28-26-24-22-20-18-16-14-12-10-8-6-4-2/h15,17,21,23,77H,3-14,16,18-20,22,24-76,80H2,1-2H3,(H,83,84)/b17-15-,23-21-. The predicted molar refractivity (Wildman–Crippen MR) is 386 cm³/mol. The van der Waals surface area contributed by atoms with Gasteiger partial charge in [0, 0.05) is 19.4 Å². The van der Waals surface area contributed by atoms with Crippen molar-refractivity contribution < 1.29 is 37.6 Å². The normalized spacial score (nSPS) is 12.9. The van der Waals surface area contributed by atoms with Crippen molar-refractivity contribution in [2.45, 2.75) is 444 Å². The van der Waals surface area contributed by atoms with Gasteiger partial charge in [-0.2, -0.15) is 0 Å². The molecule has 0 radical (unpaired) electrons. The zero-order chi connectivity index (χ0) is 64.4. The fourth-order valence-electron chi connectivity index (χ4n) is 12.4. The molecule has 0 aliphatic heterocycles. The molecule has 528 valence electrons. The molecule has 0 amide bonds. The van der Waals surface area contributed by atoms with Crippen LogP contribution in [0, 0.1) is 0 Å². The highest BCUT2D eigenvalue weighted by atomic mass is 31.2. The summed E-state index contributed by atoms with van der Waals surface area (Å²) in [5.41, 5.74) is 5.42. The van der Waals surface area contributed by atoms with Crippen LogP contribution in [0.1, 0.15) is 438 Å². The molecule has 0 rings (SSSR count). The Morgan fingerprint density at radius 2 is 0.584 bits per heavy atom. The molecule has 0 saturated heterocycles. The first-order chi connectivity index (χ1) is 43.8. The number of rotatable bonds is 77. The number of phosphoric acid groups is 1. The van der Waals surface area contributed by atoms with Crippen molar-refractivity contribution in [3.05, 3.63) is 24.3 Å². The summed E-state index contributed by atoms with van der Waals surface area (Å²) in [6.07, 6.45) is 94.7. The smallest absolute Gasteiger partial charge is 0.462 e. The maximum Gasteiger partial charge on any atom is 0.472 e. The van der Waals surface area contributed by atoms with Gasteiger partial charge in [0.15, 0.2) is 6.10 Å². The summed E-state index contributed by atoms with van der Waals surface area (Å²) in [5, 5.41) is 0. The monoisotopic (exact) mass is 1280 g/mol. The largest absolute Gasteiger partial charge is 0.472 e. The highest BCUT2D eigenvalue weighted by Crippen LogP contribution is 2.43. The average molecular weight is 1280 g/mol. The van der Waals surface area contributed by atoms with Gasteiger partial charge in [0.1, 0.15) is 6.61 Å². The van der Waals surface area contributed by atoms with E-state index in [-0.39, 0.29) is 38.6 Å². The van der Waals surface area contributed by atoms with Gasteiger partial charge < -0.3 is 20.1 Å². The molecular weight excluding hydrogens is 1120 g/mol. The zero-order valence-electron chi connectivity index (χ0n) is 59.7. The van der Waals surface area contributed by atoms with Crippen LogP contribution in [0.4, 0.5) is 0 Å². The third-order valence-electron chi connectivity index (χ3n) is 18.3. The van der Waals surface area contributed by atoms with Gasteiger partial charge >= 0.3 is 19.8 Å². The van der Waals surface area contributed by atoms with Gasteiger partial charge in [-0.15, -0.1) is 0 Å². The van der Waals surface area contributed by atoms with E-state index in [0.717, 1.165) is 38.5 Å². The summed E-state index contributed by atoms with van der Waals surface area (Å²) in [5.74, 6) is -0.797. The minimum Gasteiger partial charge on any atom is -0.462 e. The van der Waals surface area contributed by atoms with Gasteiger partial charge in [0.05, 0.1) is 13.2 Å². The maximum atomic E-state index is 12.8. The summed E-state index contributed by atoms with van der Waals surface area (Å²) in [7, 11) is -4.39. The van der Waals surface area contributed by atoms with Crippen LogP contribution in [0.5, 0.6) is 0 Å². The fourth-order valence-corrected chi connectivity index (χ4v) is 13.2. The molecule has 2 atom stereocenters. The molecule has 0 saturated carbocycles. The maximum absolute atomic E-state index is 12.8. The summed E-state index contributed by atoms with van der Waals surface area (Å²) in [4.78, 5) is 35.4. The van der Waals surface area contributed by atoms with Crippen molar-refractivity contribution in [2.75, 3.05) is 26.4 Å². The van der Waals surface area contributed by atoms with Gasteiger partial charge in [0.25, 0.3) is 0 Å². The molecule has 0 aromatic carbocycles. The predicted octanol–water partition coefficient (Wildman–Crippen LogP) is 26.4. The van der Waals surface area contributed by atoms with Gasteiger partial charge in [-0.1, -0.05) is 404 Å². The molecule has 0 aromatic heterocycles. The lowest BCUT2D eigenvalue weighted by Gasteiger charge is -2.19. The van der Waals surface area contributed by atoms with E-state index in [0.29, 0.717) is 6.42 Å². The van der Waals surface area contributed by atoms with Crippen LogP contribution in [0.3, 0.4) is 0 Å². The average Bonchev–Trinajstić information content (AvgIpc) is 3.68. The molecule has 3 N–H and O–H groups in total. The summed E-state index contributed by atoms with van der Waals surface area (Å²) >= 11 is 0. The highest BCUT2D eigenvalue weighted by molar-refractivity contribution is 7.47. The van der Waals surface area contributed by atoms with Gasteiger partial charge in [-0.3, -0.25) is 18.6 Å². The van der Waals surface area contributed by atoms with Crippen molar-refractivity contribution in [1.82, 2.24) is 0 Å². The van der Waals surface area contributed by atoms with E-state index in [4.69, 9.17) is 24.3 Å². The minimum atomic E-state index is -4.39. The van der Waals surface area contributed by atoms with E-state index in [1.54, 1.807) is 0 Å². The van der Waals surface area contributed by atoms with Crippen LogP contribution in [-0.4, -0.2) is 49.3 Å². The summed E-state index contributed by atoms with van der Waals surface area (Å²) in [6.45, 7) is 3.83. The number of carbonyl (C=O) groups is 2. The van der Waals surface area contributed by atoms with Crippen LogP contribution >= 0.6 is 7.82 Å². The molecule has 0 aliphatic rings. The van der Waals surface area contributed by atoms with Crippen molar-refractivity contribution in [1.29, 1.82) is 0 Å². The SMILES string of the molecule is CCCCCCC/C=C\C/C=C\CCCCCCCCCCCCCCCCCCCCCCCCCCCC(=O)OC(COC(=O)CCCCCCCCCCCCCCCCCCCCCCCCCCCCCCCCC)COP(=O)(O)OCCN. The first-order valence-electron chi connectivity index (χ1n) is 39.8. The fraction of sp³-hybridized carbons (Fsp3) is 0.924. The van der Waals surface area contributed by atoms with Crippen LogP contribution in [-0.2, 0) is 32.7 Å². The molecule has 0 bridgehead atoms. The van der Waals surface area contributed by atoms with Crippen LogP contribution in [0.25, 0.3) is 0 Å². The van der Waals surface area contributed by atoms with Gasteiger partial charge in [-0.05, 0) is 44.9 Å². The van der Waals surface area contributed by atoms with Crippen molar-refractivity contribution in [3.63, 3.8) is 0 Å². The van der Waals surface area contributed by atoms with Crippen LogP contribution in [0.15, 0.2) is 24.3 Å². The second-order valence-corrected chi connectivity index (χ2v) is 28.8. The van der Waals surface area contributed by atoms with Crippen molar-refractivity contribution in [3.8, 4) is 0 Å². The van der Waals surface area contributed by atoms with Crippen LogP contribution < -0.4 is 5.73 Å². The van der Waals surface area contributed by atoms with Crippen molar-refractivity contribution in [2.24, 2.45) is 5.73 Å². The number of hydrogen-bond donors (Lipinski definition) is 2. The third-order valence-corrected chi connectivity index (χ3v) is 19.3. The lowest BCUT2D eigenvalue weighted by Crippen LogP contribution is -2.29. The van der Waals surface area contributed by atoms with Crippen molar-refractivity contribution >= 4 is 19.8 Å². The van der Waals surface area contributed by atoms with E-state index >= 15 is 0 Å². The van der Waals surface area contributed by atoms with E-state index in [1.807, 2.05) is 0 Å². The molecule has 0 aromatic rings. The molecule has 0 fully saturated rings. The Hall–Kier alpha value is -1.51. The summed E-state index contributed by atoms with van der Waals surface area (Å²) < 4.78 is 33.3. The Morgan fingerprint density at radius 3 is 0.854 bits per heavy atom. The number of unbranched alkanes of at least 4 members (excludes halogenated alkanes) is 60. The first kappa shape index (κ1) is 87.5. The van der Waals surface area contributed by atoms with E-state index in [1.165, 1.54) is 366 Å². The molecule has 0 spiro atoms. The number of esters is 2. The highest BCUT2D eigenvalue weighted by Gasteiger charge is 2.26. The van der Waals surface area contributed by atoms with E-state index < -0.39 is 26.5 Å². The Labute approximate surface area is 554 Å². The number of allylic oxidation sites excluding steroid dienone is 4. The number of ether oxygens (including phenoxy) is 2. The molecule has 9 nitrogen and oxygen atoms in total. The lowest BCUT2D eigenvalue weighted by atomic mass is 10.0. The molecule has 10 heteroatoms. The second kappa shape index (κ2) is 75.5. The zero-order valence-corrected chi connectivity index (χ0v) is 60.6. The molecule has 0 heterocycles. The quantitative estimate of drug-likeness (QED) is 0.0264. The van der Waals surface area contributed by atoms with Gasteiger partial charge in [0.2, 0.25) is 0 Å². The second-order valence-electron chi connectivity index (χ2n) is 27.3. The number of carbonyl (C=O) groups excluding carboxylic acids is 2. The third kappa shape index (κ3) is 75.4. The Bertz CT molecular complexity index is 1510. The number of phosphoric ester groups is 1. The number of nitrogens with two attached hydrogens (primary N) is 1. The Kier molecular flexibility index (Phi) is 74.2. The Balaban J connectivity index is 3.74. The molecule has 0 aliphatic carbocycles. The topological polar surface area (TPSA) is 134 Å². The minimum absolute atomic E-state index is 0.0577. The molecular formula is C79H154NO8P.